The van der Waals surface area contributed by atoms with E-state index in [1.54, 1.807) is 6.92 Å². The van der Waals surface area contributed by atoms with Gasteiger partial charge in [-0.1, -0.05) is 6.92 Å². The van der Waals surface area contributed by atoms with Gasteiger partial charge in [-0.15, -0.1) is 11.3 Å². The van der Waals surface area contributed by atoms with E-state index in [0.717, 1.165) is 9.75 Å². The van der Waals surface area contributed by atoms with Crippen molar-refractivity contribution in [2.45, 2.75) is 45.5 Å². The molecule has 0 radical (unpaired) electrons. The third-order valence-corrected chi connectivity index (χ3v) is 3.91. The van der Waals surface area contributed by atoms with Crippen LogP contribution in [0.3, 0.4) is 0 Å². The van der Waals surface area contributed by atoms with Crippen molar-refractivity contribution in [3.63, 3.8) is 0 Å². The van der Waals surface area contributed by atoms with Crippen molar-refractivity contribution in [3.8, 4) is 0 Å². The topological polar surface area (TPSA) is 29.3 Å². The summed E-state index contributed by atoms with van der Waals surface area (Å²) in [6, 6.07) is 3.09. The maximum atomic E-state index is 12.7. The molecule has 0 amide bonds. The molecule has 0 spiro atoms. The van der Waals surface area contributed by atoms with E-state index < -0.39 is 12.7 Å². The van der Waals surface area contributed by atoms with Crippen LogP contribution in [-0.2, 0) is 0 Å². The predicted molar refractivity (Wildman–Crippen MR) is 73.4 cm³/mol. The summed E-state index contributed by atoms with van der Waals surface area (Å²) >= 11 is 1.52. The Kier molecular flexibility index (Phi) is 5.82. The van der Waals surface area contributed by atoms with E-state index in [4.69, 9.17) is 5.73 Å². The molecule has 1 aromatic heterocycles. The number of aryl methyl sites for hydroxylation is 1. The summed E-state index contributed by atoms with van der Waals surface area (Å²) < 4.78 is 38.1. The summed E-state index contributed by atoms with van der Waals surface area (Å²) in [5.41, 5.74) is 5.93. The van der Waals surface area contributed by atoms with Crippen LogP contribution in [0.15, 0.2) is 12.1 Å². The highest BCUT2D eigenvalue weighted by Crippen LogP contribution is 2.32. The average Bonchev–Trinajstić information content (AvgIpc) is 2.62. The van der Waals surface area contributed by atoms with E-state index in [2.05, 4.69) is 0 Å². The van der Waals surface area contributed by atoms with E-state index in [1.165, 1.54) is 16.2 Å². The van der Waals surface area contributed by atoms with Crippen molar-refractivity contribution in [1.29, 1.82) is 0 Å². The lowest BCUT2D eigenvalue weighted by Gasteiger charge is -2.34. The SMILES string of the molecule is CCCN(CC(F)(F)F)C(c1ccc(C)s1)C(C)N. The Morgan fingerprint density at radius 1 is 1.37 bits per heavy atom. The first kappa shape index (κ1) is 16.5. The number of hydrogen-bond donors (Lipinski definition) is 1. The van der Waals surface area contributed by atoms with Gasteiger partial charge >= 0.3 is 6.18 Å². The van der Waals surface area contributed by atoms with Gasteiger partial charge in [0.05, 0.1) is 12.6 Å². The number of hydrogen-bond acceptors (Lipinski definition) is 3. The molecule has 0 aromatic carbocycles. The molecule has 1 rings (SSSR count). The van der Waals surface area contributed by atoms with Crippen LogP contribution in [0, 0.1) is 6.92 Å². The Balaban J connectivity index is 2.99. The summed E-state index contributed by atoms with van der Waals surface area (Å²) in [7, 11) is 0. The van der Waals surface area contributed by atoms with Crippen molar-refractivity contribution < 1.29 is 13.2 Å². The second-order valence-electron chi connectivity index (χ2n) is 4.84. The molecule has 110 valence electrons. The summed E-state index contributed by atoms with van der Waals surface area (Å²) in [6.07, 6.45) is -3.53. The van der Waals surface area contributed by atoms with Crippen LogP contribution in [0.1, 0.15) is 36.1 Å². The maximum Gasteiger partial charge on any atom is 0.401 e. The van der Waals surface area contributed by atoms with Crippen LogP contribution in [0.4, 0.5) is 13.2 Å². The van der Waals surface area contributed by atoms with E-state index >= 15 is 0 Å². The van der Waals surface area contributed by atoms with Gasteiger partial charge in [-0.3, -0.25) is 4.90 Å². The zero-order valence-corrected chi connectivity index (χ0v) is 12.3. The number of alkyl halides is 3. The summed E-state index contributed by atoms with van der Waals surface area (Å²) in [6.45, 7) is 5.06. The van der Waals surface area contributed by atoms with Gasteiger partial charge in [0.15, 0.2) is 0 Å². The Hall–Kier alpha value is -0.590. The summed E-state index contributed by atoms with van der Waals surface area (Å²) in [4.78, 5) is 3.44. The van der Waals surface area contributed by atoms with Gasteiger partial charge in [0, 0.05) is 15.8 Å². The normalized spacial score (nSPS) is 15.8. The Morgan fingerprint density at radius 2 is 2.00 bits per heavy atom. The third kappa shape index (κ3) is 5.12. The van der Waals surface area contributed by atoms with Crippen LogP contribution < -0.4 is 5.73 Å². The van der Waals surface area contributed by atoms with Gasteiger partial charge in [-0.25, -0.2) is 0 Å². The number of nitrogens with zero attached hydrogens (tertiary/aromatic N) is 1. The van der Waals surface area contributed by atoms with Gasteiger partial charge in [0.1, 0.15) is 0 Å². The van der Waals surface area contributed by atoms with Crippen LogP contribution in [-0.4, -0.2) is 30.2 Å². The highest BCUT2D eigenvalue weighted by Gasteiger charge is 2.35. The molecule has 0 bridgehead atoms. The molecule has 0 saturated carbocycles. The fourth-order valence-electron chi connectivity index (χ4n) is 2.22. The second kappa shape index (κ2) is 6.72. The van der Waals surface area contributed by atoms with Crippen LogP contribution in [0.2, 0.25) is 0 Å². The molecule has 1 aromatic rings. The number of rotatable bonds is 6. The molecular weight excluding hydrogens is 273 g/mol. The van der Waals surface area contributed by atoms with E-state index in [0.29, 0.717) is 13.0 Å². The molecule has 0 aliphatic carbocycles. The largest absolute Gasteiger partial charge is 0.401 e. The van der Waals surface area contributed by atoms with Crippen molar-refractivity contribution in [1.82, 2.24) is 4.90 Å². The highest BCUT2D eigenvalue weighted by molar-refractivity contribution is 7.12. The molecule has 0 saturated heterocycles. The summed E-state index contributed by atoms with van der Waals surface area (Å²) in [5, 5.41) is 0. The number of halogens is 3. The fraction of sp³-hybridized carbons (Fsp3) is 0.692. The molecule has 6 heteroatoms. The smallest absolute Gasteiger partial charge is 0.326 e. The lowest BCUT2D eigenvalue weighted by atomic mass is 10.1. The van der Waals surface area contributed by atoms with Gasteiger partial charge < -0.3 is 5.73 Å². The van der Waals surface area contributed by atoms with E-state index in [9.17, 15) is 13.2 Å². The molecular formula is C13H21F3N2S. The molecule has 2 atom stereocenters. The quantitative estimate of drug-likeness (QED) is 0.866. The number of thiophene rings is 1. The standard InChI is InChI=1S/C13H21F3N2S/c1-4-7-18(8-13(14,15)16)12(10(3)17)11-6-5-9(2)19-11/h5-6,10,12H,4,7-8,17H2,1-3H3. The van der Waals surface area contributed by atoms with Crippen LogP contribution in [0.5, 0.6) is 0 Å². The highest BCUT2D eigenvalue weighted by atomic mass is 32.1. The van der Waals surface area contributed by atoms with Crippen molar-refractivity contribution in [2.75, 3.05) is 13.1 Å². The minimum atomic E-state index is -4.20. The zero-order valence-electron chi connectivity index (χ0n) is 11.5. The minimum Gasteiger partial charge on any atom is -0.326 e. The van der Waals surface area contributed by atoms with Gasteiger partial charge in [0.25, 0.3) is 0 Å². The second-order valence-corrected chi connectivity index (χ2v) is 6.16. The molecule has 19 heavy (non-hydrogen) atoms. The third-order valence-electron chi connectivity index (χ3n) is 2.84. The summed E-state index contributed by atoms with van der Waals surface area (Å²) in [5.74, 6) is 0. The van der Waals surface area contributed by atoms with Gasteiger partial charge in [0.2, 0.25) is 0 Å². The maximum absolute atomic E-state index is 12.7. The zero-order chi connectivity index (χ0) is 14.6. The van der Waals surface area contributed by atoms with Crippen molar-refractivity contribution in [3.05, 3.63) is 21.9 Å². The Morgan fingerprint density at radius 3 is 2.37 bits per heavy atom. The number of nitrogens with two attached hydrogens (primary N) is 1. The predicted octanol–water partition coefficient (Wildman–Crippen LogP) is 3.72. The molecule has 2 unspecified atom stereocenters. The molecule has 0 aliphatic rings. The van der Waals surface area contributed by atoms with Crippen molar-refractivity contribution >= 4 is 11.3 Å². The lowest BCUT2D eigenvalue weighted by Crippen LogP contribution is -2.44. The molecule has 1 heterocycles. The fourth-order valence-corrected chi connectivity index (χ4v) is 3.35. The lowest BCUT2D eigenvalue weighted by molar-refractivity contribution is -0.151. The van der Waals surface area contributed by atoms with Crippen molar-refractivity contribution in [2.24, 2.45) is 5.73 Å². The molecule has 2 nitrogen and oxygen atoms in total. The first-order valence-electron chi connectivity index (χ1n) is 6.37. The first-order valence-corrected chi connectivity index (χ1v) is 7.19. The van der Waals surface area contributed by atoms with E-state index in [1.807, 2.05) is 26.0 Å². The monoisotopic (exact) mass is 294 g/mol. The van der Waals surface area contributed by atoms with E-state index in [-0.39, 0.29) is 12.1 Å². The molecule has 0 fully saturated rings. The Labute approximate surface area is 116 Å². The van der Waals surface area contributed by atoms with Gasteiger partial charge in [-0.05, 0) is 38.9 Å². The van der Waals surface area contributed by atoms with Gasteiger partial charge in [-0.2, -0.15) is 13.2 Å². The molecule has 0 aliphatic heterocycles. The van der Waals surface area contributed by atoms with Crippen LogP contribution >= 0.6 is 11.3 Å². The minimum absolute atomic E-state index is 0.341. The first-order chi connectivity index (χ1) is 8.74. The Bertz CT molecular complexity index is 387. The average molecular weight is 294 g/mol. The van der Waals surface area contributed by atoms with Crippen LogP contribution in [0.25, 0.3) is 0 Å². The molecule has 2 N–H and O–H groups in total.